The average molecular weight is 504 g/mol. The third-order valence-electron chi connectivity index (χ3n) is 8.15. The summed E-state index contributed by atoms with van der Waals surface area (Å²) in [5.74, 6) is 0.928. The molecule has 7 heteroatoms. The Morgan fingerprint density at radius 2 is 2.18 bits per heavy atom. The number of amides is 1. The van der Waals surface area contributed by atoms with Gasteiger partial charge in [0.15, 0.2) is 0 Å². The number of aromatic nitrogens is 3. The Hall–Kier alpha value is -4.44. The Morgan fingerprint density at radius 3 is 2.95 bits per heavy atom. The van der Waals surface area contributed by atoms with Crippen molar-refractivity contribution in [2.75, 3.05) is 13.1 Å². The molecule has 1 saturated carbocycles. The van der Waals surface area contributed by atoms with Gasteiger partial charge in [0.25, 0.3) is 0 Å². The highest BCUT2D eigenvalue weighted by Crippen LogP contribution is 2.53. The topological polar surface area (TPSA) is 94.9 Å². The number of benzene rings is 2. The average Bonchev–Trinajstić information content (AvgIpc) is 3.58. The van der Waals surface area contributed by atoms with Gasteiger partial charge in [-0.25, -0.2) is 0 Å². The molecule has 0 bridgehead atoms. The number of nitrogens with one attached hydrogen (secondary N) is 1. The first kappa shape index (κ1) is 23.9. The highest BCUT2D eigenvalue weighted by Gasteiger charge is 2.49. The van der Waals surface area contributed by atoms with Crippen LogP contribution in [0, 0.1) is 23.7 Å². The van der Waals surface area contributed by atoms with Gasteiger partial charge in [-0.05, 0) is 85.2 Å². The van der Waals surface area contributed by atoms with Crippen molar-refractivity contribution in [3.8, 4) is 22.9 Å². The predicted octanol–water partition coefficient (Wildman–Crippen LogP) is 5.67. The summed E-state index contributed by atoms with van der Waals surface area (Å²) < 4.78 is 6.28. The van der Waals surface area contributed by atoms with Crippen LogP contribution in [0.3, 0.4) is 0 Å². The molecule has 6 rings (SSSR count). The Balaban J connectivity index is 1.41. The van der Waals surface area contributed by atoms with Crippen LogP contribution in [0.2, 0.25) is 0 Å². The van der Waals surface area contributed by atoms with Crippen LogP contribution < -0.4 is 4.74 Å². The maximum absolute atomic E-state index is 12.1. The van der Waals surface area contributed by atoms with Crippen LogP contribution in [0.25, 0.3) is 22.0 Å². The van der Waals surface area contributed by atoms with Crippen molar-refractivity contribution in [1.82, 2.24) is 20.1 Å². The molecule has 1 aliphatic carbocycles. The molecular weight excluding hydrogens is 474 g/mol. The normalized spacial score (nSPS) is 17.8. The number of pyridine rings is 1. The smallest absolute Gasteiger partial charge is 0.245 e. The zero-order valence-electron chi connectivity index (χ0n) is 21.4. The molecule has 2 fully saturated rings. The summed E-state index contributed by atoms with van der Waals surface area (Å²) in [5, 5.41) is 18.8. The van der Waals surface area contributed by atoms with Gasteiger partial charge in [0.05, 0.1) is 23.0 Å². The van der Waals surface area contributed by atoms with E-state index in [2.05, 4.69) is 40.8 Å². The number of hydrogen-bond donors (Lipinski definition) is 1. The SMILES string of the molecule is C=CC(=O)N1CC2(CCC(c3cc(OCc4ccccn4)cc(-c4c(C)ccc5[nH]ncc45)c3C#N)C2)C1. The van der Waals surface area contributed by atoms with E-state index in [-0.39, 0.29) is 17.2 Å². The minimum atomic E-state index is -0.00678. The molecule has 38 heavy (non-hydrogen) atoms. The molecule has 0 radical (unpaired) electrons. The summed E-state index contributed by atoms with van der Waals surface area (Å²) in [6.07, 6.45) is 7.93. The maximum atomic E-state index is 12.1. The van der Waals surface area contributed by atoms with Gasteiger partial charge in [-0.15, -0.1) is 0 Å². The van der Waals surface area contributed by atoms with Gasteiger partial charge in [0.1, 0.15) is 18.4 Å². The van der Waals surface area contributed by atoms with E-state index in [9.17, 15) is 10.1 Å². The molecule has 1 atom stereocenters. The van der Waals surface area contributed by atoms with Crippen molar-refractivity contribution in [1.29, 1.82) is 5.26 Å². The molecule has 7 nitrogen and oxygen atoms in total. The molecule has 3 heterocycles. The van der Waals surface area contributed by atoms with Crippen molar-refractivity contribution in [3.63, 3.8) is 0 Å². The van der Waals surface area contributed by atoms with Crippen molar-refractivity contribution in [2.45, 2.75) is 38.7 Å². The number of fused-ring (bicyclic) bond motifs is 1. The number of rotatable bonds is 6. The van der Waals surface area contributed by atoms with Gasteiger partial charge >= 0.3 is 0 Å². The first-order valence-electron chi connectivity index (χ1n) is 13.0. The van der Waals surface area contributed by atoms with E-state index < -0.39 is 0 Å². The fourth-order valence-corrected chi connectivity index (χ4v) is 6.30. The Bertz CT molecular complexity index is 1580. The van der Waals surface area contributed by atoms with Crippen molar-refractivity contribution in [3.05, 3.63) is 89.9 Å². The molecule has 1 amide bonds. The van der Waals surface area contributed by atoms with Gasteiger partial charge in [-0.1, -0.05) is 18.7 Å². The zero-order valence-corrected chi connectivity index (χ0v) is 21.4. The largest absolute Gasteiger partial charge is 0.487 e. The summed E-state index contributed by atoms with van der Waals surface area (Å²) in [7, 11) is 0. The molecule has 4 aromatic rings. The Morgan fingerprint density at radius 1 is 1.32 bits per heavy atom. The summed E-state index contributed by atoms with van der Waals surface area (Å²) in [5.41, 5.74) is 6.52. The van der Waals surface area contributed by atoms with Crippen LogP contribution in [0.5, 0.6) is 5.75 Å². The molecule has 1 unspecified atom stereocenters. The van der Waals surface area contributed by atoms with E-state index in [4.69, 9.17) is 4.74 Å². The first-order chi connectivity index (χ1) is 18.5. The number of aromatic amines is 1. The number of aryl methyl sites for hydroxylation is 1. The third-order valence-corrected chi connectivity index (χ3v) is 8.15. The number of likely N-dealkylation sites (tertiary alicyclic amines) is 1. The number of carbonyl (C=O) groups is 1. The first-order valence-corrected chi connectivity index (χ1v) is 13.0. The molecule has 1 aliphatic heterocycles. The second-order valence-electron chi connectivity index (χ2n) is 10.6. The van der Waals surface area contributed by atoms with Crippen LogP contribution in [-0.2, 0) is 11.4 Å². The van der Waals surface area contributed by atoms with E-state index in [1.54, 1.807) is 6.20 Å². The second-order valence-corrected chi connectivity index (χ2v) is 10.6. The number of nitrogens with zero attached hydrogens (tertiary/aromatic N) is 4. The highest BCUT2D eigenvalue weighted by atomic mass is 16.5. The highest BCUT2D eigenvalue weighted by molar-refractivity contribution is 5.98. The van der Waals surface area contributed by atoms with Crippen LogP contribution in [-0.4, -0.2) is 39.1 Å². The third kappa shape index (κ3) is 4.12. The minimum absolute atomic E-state index is 0.00678. The summed E-state index contributed by atoms with van der Waals surface area (Å²) in [6.45, 7) is 7.54. The van der Waals surface area contributed by atoms with Gasteiger partial charge < -0.3 is 9.64 Å². The van der Waals surface area contributed by atoms with E-state index in [0.717, 1.165) is 77.0 Å². The molecule has 2 aromatic carbocycles. The standard InChI is InChI=1S/C31H29N5O2/c1-3-29(37)36-18-31(19-36)10-9-21(14-31)24-12-23(38-17-22-6-4-5-11-33-22)13-25(26(24)15-32)30-20(2)7-8-28-27(30)16-34-35-28/h3-8,11-13,16,21H,1,9-10,14,17-19H2,2H3,(H,34,35). The van der Waals surface area contributed by atoms with Crippen LogP contribution in [0.15, 0.2) is 67.5 Å². The fourth-order valence-electron chi connectivity index (χ4n) is 6.30. The monoisotopic (exact) mass is 503 g/mol. The lowest BCUT2D eigenvalue weighted by Crippen LogP contribution is -2.56. The van der Waals surface area contributed by atoms with Crippen LogP contribution in [0.1, 0.15) is 47.6 Å². The summed E-state index contributed by atoms with van der Waals surface area (Å²) >= 11 is 0. The number of ether oxygens (including phenoxy) is 1. The molecule has 2 aliphatic rings. The molecule has 1 N–H and O–H groups in total. The summed E-state index contributed by atoms with van der Waals surface area (Å²) in [6, 6.07) is 16.4. The second kappa shape index (κ2) is 9.46. The molecule has 1 spiro atoms. The minimum Gasteiger partial charge on any atom is -0.487 e. The lowest BCUT2D eigenvalue weighted by atomic mass is 9.76. The number of nitriles is 1. The predicted molar refractivity (Wildman–Crippen MR) is 145 cm³/mol. The van der Waals surface area contributed by atoms with Gasteiger partial charge in [0, 0.05) is 35.7 Å². The Kier molecular flexibility index (Phi) is 5.96. The lowest BCUT2D eigenvalue weighted by molar-refractivity contribution is -0.137. The zero-order chi connectivity index (χ0) is 26.3. The van der Waals surface area contributed by atoms with Crippen LogP contribution >= 0.6 is 0 Å². The number of carbonyl (C=O) groups excluding carboxylic acids is 1. The molecule has 1 saturated heterocycles. The van der Waals surface area contributed by atoms with E-state index in [1.807, 2.05) is 47.5 Å². The van der Waals surface area contributed by atoms with E-state index >= 15 is 0 Å². The Labute approximate surface area is 221 Å². The molecule has 190 valence electrons. The van der Waals surface area contributed by atoms with Crippen molar-refractivity contribution in [2.24, 2.45) is 5.41 Å². The van der Waals surface area contributed by atoms with Gasteiger partial charge in [-0.2, -0.15) is 10.4 Å². The van der Waals surface area contributed by atoms with Crippen LogP contribution in [0.4, 0.5) is 0 Å². The lowest BCUT2D eigenvalue weighted by Gasteiger charge is -2.48. The quantitative estimate of drug-likeness (QED) is 0.342. The van der Waals surface area contributed by atoms with Gasteiger partial charge in [0.2, 0.25) is 5.91 Å². The number of hydrogen-bond acceptors (Lipinski definition) is 5. The fraction of sp³-hybridized carbons (Fsp3) is 0.290. The molecule has 2 aromatic heterocycles. The van der Waals surface area contributed by atoms with E-state index in [1.165, 1.54) is 6.08 Å². The number of H-pyrrole nitrogens is 1. The molecular formula is C31H29N5O2. The summed E-state index contributed by atoms with van der Waals surface area (Å²) in [4.78, 5) is 18.3. The van der Waals surface area contributed by atoms with Crippen molar-refractivity contribution >= 4 is 16.8 Å². The van der Waals surface area contributed by atoms with Gasteiger partial charge in [-0.3, -0.25) is 14.9 Å². The van der Waals surface area contributed by atoms with Crippen molar-refractivity contribution < 1.29 is 9.53 Å². The van der Waals surface area contributed by atoms with E-state index in [0.29, 0.717) is 12.2 Å². The maximum Gasteiger partial charge on any atom is 0.245 e.